The number of halogens is 3. The Labute approximate surface area is 115 Å². The molecule has 1 aromatic heterocycles. The van der Waals surface area contributed by atoms with E-state index in [4.69, 9.17) is 9.26 Å². The van der Waals surface area contributed by atoms with E-state index in [1.165, 1.54) is 12.0 Å². The largest absolute Gasteiger partial charge is 0.404 e. The lowest BCUT2D eigenvalue weighted by molar-refractivity contribution is -0.185. The fourth-order valence-electron chi connectivity index (χ4n) is 2.58. The first-order valence-electron chi connectivity index (χ1n) is 6.75. The second-order valence-corrected chi connectivity index (χ2v) is 5.09. The van der Waals surface area contributed by atoms with Crippen LogP contribution in [0.4, 0.5) is 13.2 Å². The van der Waals surface area contributed by atoms with Crippen molar-refractivity contribution in [2.24, 2.45) is 0 Å². The lowest BCUT2D eigenvalue weighted by Crippen LogP contribution is -2.44. The SMILES string of the molecule is COCc1cc(CN2CCCCCC2C(F)(F)F)no1. The second-order valence-electron chi connectivity index (χ2n) is 5.09. The van der Waals surface area contributed by atoms with E-state index in [0.717, 1.165) is 12.8 Å². The molecule has 1 atom stereocenters. The highest BCUT2D eigenvalue weighted by atomic mass is 19.4. The molecule has 4 nitrogen and oxygen atoms in total. The van der Waals surface area contributed by atoms with Gasteiger partial charge in [0, 0.05) is 19.7 Å². The summed E-state index contributed by atoms with van der Waals surface area (Å²) in [6, 6.07) is 0.273. The van der Waals surface area contributed by atoms with Crippen LogP contribution in [0.1, 0.15) is 37.1 Å². The van der Waals surface area contributed by atoms with Gasteiger partial charge in [0.05, 0.1) is 5.69 Å². The minimum absolute atomic E-state index is 0.159. The van der Waals surface area contributed by atoms with E-state index < -0.39 is 12.2 Å². The molecule has 2 rings (SSSR count). The first kappa shape index (κ1) is 15.3. The molecule has 1 fully saturated rings. The Morgan fingerprint density at radius 2 is 2.20 bits per heavy atom. The van der Waals surface area contributed by atoms with Gasteiger partial charge < -0.3 is 9.26 Å². The number of hydrogen-bond acceptors (Lipinski definition) is 4. The summed E-state index contributed by atoms with van der Waals surface area (Å²) in [5.41, 5.74) is 0.521. The van der Waals surface area contributed by atoms with Gasteiger partial charge in [-0.15, -0.1) is 0 Å². The van der Waals surface area contributed by atoms with Gasteiger partial charge in [0.25, 0.3) is 0 Å². The molecule has 0 amide bonds. The fourth-order valence-corrected chi connectivity index (χ4v) is 2.58. The molecule has 0 N–H and O–H groups in total. The summed E-state index contributed by atoms with van der Waals surface area (Å²) in [5.74, 6) is 0.529. The molecular weight excluding hydrogens is 273 g/mol. The Hall–Kier alpha value is -1.08. The molecule has 114 valence electrons. The van der Waals surface area contributed by atoms with Crippen LogP contribution in [0.2, 0.25) is 0 Å². The number of aromatic nitrogens is 1. The molecule has 1 unspecified atom stereocenters. The minimum Gasteiger partial charge on any atom is -0.377 e. The quantitative estimate of drug-likeness (QED) is 0.854. The van der Waals surface area contributed by atoms with Crippen molar-refractivity contribution in [2.75, 3.05) is 13.7 Å². The number of hydrogen-bond donors (Lipinski definition) is 0. The zero-order chi connectivity index (χ0) is 14.6. The predicted octanol–water partition coefficient (Wildman–Crippen LogP) is 3.13. The Balaban J connectivity index is 2.06. The summed E-state index contributed by atoms with van der Waals surface area (Å²) >= 11 is 0. The molecule has 2 heterocycles. The Morgan fingerprint density at radius 1 is 1.40 bits per heavy atom. The highest BCUT2D eigenvalue weighted by molar-refractivity contribution is 5.05. The smallest absolute Gasteiger partial charge is 0.377 e. The maximum Gasteiger partial charge on any atom is 0.404 e. The van der Waals surface area contributed by atoms with Gasteiger partial charge in [0.1, 0.15) is 12.6 Å². The van der Waals surface area contributed by atoms with Crippen LogP contribution in [0, 0.1) is 0 Å². The lowest BCUT2D eigenvalue weighted by atomic mass is 10.1. The minimum atomic E-state index is -4.19. The van der Waals surface area contributed by atoms with Gasteiger partial charge >= 0.3 is 6.18 Å². The van der Waals surface area contributed by atoms with Crippen molar-refractivity contribution in [2.45, 2.75) is 51.1 Å². The molecule has 0 spiro atoms. The van der Waals surface area contributed by atoms with Crippen LogP contribution in [0.5, 0.6) is 0 Å². The van der Waals surface area contributed by atoms with Crippen molar-refractivity contribution >= 4 is 0 Å². The van der Waals surface area contributed by atoms with Crippen LogP contribution in [-0.2, 0) is 17.9 Å². The molecule has 1 saturated heterocycles. The fraction of sp³-hybridized carbons (Fsp3) is 0.769. The zero-order valence-electron chi connectivity index (χ0n) is 11.4. The molecule has 1 aromatic rings. The van der Waals surface area contributed by atoms with Gasteiger partial charge in [-0.05, 0) is 19.4 Å². The second kappa shape index (κ2) is 6.58. The normalized spacial score (nSPS) is 21.9. The number of alkyl halides is 3. The van der Waals surface area contributed by atoms with E-state index in [1.807, 2.05) is 0 Å². The molecule has 0 radical (unpaired) electrons. The molecule has 1 aliphatic rings. The van der Waals surface area contributed by atoms with Crippen molar-refractivity contribution < 1.29 is 22.4 Å². The van der Waals surface area contributed by atoms with E-state index in [0.29, 0.717) is 24.4 Å². The average molecular weight is 292 g/mol. The van der Waals surface area contributed by atoms with E-state index in [-0.39, 0.29) is 19.6 Å². The van der Waals surface area contributed by atoms with Gasteiger partial charge in [-0.3, -0.25) is 4.90 Å². The zero-order valence-corrected chi connectivity index (χ0v) is 11.4. The molecule has 1 aliphatic heterocycles. The first-order chi connectivity index (χ1) is 9.50. The van der Waals surface area contributed by atoms with Gasteiger partial charge in [-0.25, -0.2) is 0 Å². The third-order valence-corrected chi connectivity index (χ3v) is 3.50. The number of rotatable bonds is 4. The van der Waals surface area contributed by atoms with Crippen molar-refractivity contribution in [3.63, 3.8) is 0 Å². The molecule has 0 bridgehead atoms. The Bertz CT molecular complexity index is 420. The maximum absolute atomic E-state index is 13.1. The summed E-state index contributed by atoms with van der Waals surface area (Å²) in [5, 5.41) is 3.81. The van der Waals surface area contributed by atoms with Gasteiger partial charge in [0.2, 0.25) is 0 Å². The summed E-state index contributed by atoms with van der Waals surface area (Å²) in [4.78, 5) is 1.46. The summed E-state index contributed by atoms with van der Waals surface area (Å²) in [7, 11) is 1.52. The number of likely N-dealkylation sites (tertiary alicyclic amines) is 1. The topological polar surface area (TPSA) is 38.5 Å². The van der Waals surface area contributed by atoms with Gasteiger partial charge in [-0.2, -0.15) is 13.2 Å². The van der Waals surface area contributed by atoms with Crippen molar-refractivity contribution in [1.29, 1.82) is 0 Å². The van der Waals surface area contributed by atoms with E-state index in [9.17, 15) is 13.2 Å². The monoisotopic (exact) mass is 292 g/mol. The molecule has 0 saturated carbocycles. The third kappa shape index (κ3) is 3.96. The molecule has 7 heteroatoms. The number of nitrogens with zero attached hydrogens (tertiary/aromatic N) is 2. The Morgan fingerprint density at radius 3 is 2.90 bits per heavy atom. The van der Waals surface area contributed by atoms with E-state index >= 15 is 0 Å². The van der Waals surface area contributed by atoms with Gasteiger partial charge in [0.15, 0.2) is 5.76 Å². The first-order valence-corrected chi connectivity index (χ1v) is 6.75. The standard InChI is InChI=1S/C13H19F3N2O2/c1-19-9-11-7-10(17-20-11)8-18-6-4-2-3-5-12(18)13(14,15)16/h7,12H,2-6,8-9H2,1H3. The van der Waals surface area contributed by atoms with E-state index in [2.05, 4.69) is 5.16 Å². The highest BCUT2D eigenvalue weighted by Crippen LogP contribution is 2.32. The average Bonchev–Trinajstić information content (AvgIpc) is 2.66. The molecule has 0 aliphatic carbocycles. The Kier molecular flexibility index (Phi) is 5.04. The van der Waals surface area contributed by atoms with Crippen LogP contribution in [0.25, 0.3) is 0 Å². The van der Waals surface area contributed by atoms with Crippen LogP contribution in [0.15, 0.2) is 10.6 Å². The molecular formula is C13H19F3N2O2. The van der Waals surface area contributed by atoms with Crippen molar-refractivity contribution in [3.8, 4) is 0 Å². The lowest BCUT2D eigenvalue weighted by Gasteiger charge is -2.30. The molecule has 0 aromatic carbocycles. The third-order valence-electron chi connectivity index (χ3n) is 3.50. The van der Waals surface area contributed by atoms with Crippen LogP contribution in [0.3, 0.4) is 0 Å². The summed E-state index contributed by atoms with van der Waals surface area (Å²) in [6.07, 6.45) is -1.78. The van der Waals surface area contributed by atoms with Crippen LogP contribution >= 0.6 is 0 Å². The molecule has 20 heavy (non-hydrogen) atoms. The summed E-state index contributed by atoms with van der Waals surface area (Å²) < 4.78 is 49.2. The highest BCUT2D eigenvalue weighted by Gasteiger charge is 2.43. The van der Waals surface area contributed by atoms with Crippen molar-refractivity contribution in [3.05, 3.63) is 17.5 Å². The maximum atomic E-state index is 13.1. The predicted molar refractivity (Wildman–Crippen MR) is 65.9 cm³/mol. The number of methoxy groups -OCH3 is 1. The van der Waals surface area contributed by atoms with Crippen LogP contribution in [-0.4, -0.2) is 35.9 Å². The van der Waals surface area contributed by atoms with Crippen molar-refractivity contribution in [1.82, 2.24) is 10.1 Å². The van der Waals surface area contributed by atoms with Gasteiger partial charge in [-0.1, -0.05) is 18.0 Å². The summed E-state index contributed by atoms with van der Waals surface area (Å²) in [6.45, 7) is 0.879. The number of ether oxygens (including phenoxy) is 1. The van der Waals surface area contributed by atoms with Crippen LogP contribution < -0.4 is 0 Å². The van der Waals surface area contributed by atoms with E-state index in [1.54, 1.807) is 6.07 Å².